The Morgan fingerprint density at radius 3 is 2.67 bits per heavy atom. The number of rotatable bonds is 3. The van der Waals surface area contributed by atoms with Gasteiger partial charge in [-0.3, -0.25) is 0 Å². The predicted octanol–water partition coefficient (Wildman–Crippen LogP) is 3.36. The molecule has 5 heteroatoms. The molecule has 0 saturated carbocycles. The first-order valence-corrected chi connectivity index (χ1v) is 9.76. The number of nitrogens with one attached hydrogen (secondary N) is 1. The lowest BCUT2D eigenvalue weighted by Crippen LogP contribution is -2.36. The van der Waals surface area contributed by atoms with Gasteiger partial charge in [0.2, 0.25) is 10.0 Å². The molecule has 0 bridgehead atoms. The molecule has 4 rings (SSSR count). The molecule has 0 atom stereocenters. The van der Waals surface area contributed by atoms with Crippen LogP contribution in [0.3, 0.4) is 0 Å². The van der Waals surface area contributed by atoms with Crippen LogP contribution in [-0.4, -0.2) is 24.3 Å². The van der Waals surface area contributed by atoms with Crippen molar-refractivity contribution < 1.29 is 8.42 Å². The lowest BCUT2D eigenvalue weighted by molar-refractivity contribution is 0.388. The number of sulfonamides is 1. The van der Waals surface area contributed by atoms with Crippen LogP contribution in [0.4, 0.5) is 0 Å². The largest absolute Gasteiger partial charge is 0.357 e. The molecule has 124 valence electrons. The third-order valence-corrected chi connectivity index (χ3v) is 6.61. The van der Waals surface area contributed by atoms with Gasteiger partial charge in [-0.15, -0.1) is 0 Å². The Morgan fingerprint density at radius 2 is 1.83 bits per heavy atom. The molecule has 2 heterocycles. The fourth-order valence-corrected chi connectivity index (χ4v) is 5.06. The smallest absolute Gasteiger partial charge is 0.218 e. The highest BCUT2D eigenvalue weighted by molar-refractivity contribution is 7.88. The summed E-state index contributed by atoms with van der Waals surface area (Å²) in [5.41, 5.74) is 5.26. The molecule has 0 fully saturated rings. The monoisotopic (exact) mass is 340 g/mol. The van der Waals surface area contributed by atoms with Gasteiger partial charge >= 0.3 is 0 Å². The van der Waals surface area contributed by atoms with Gasteiger partial charge in [0.1, 0.15) is 0 Å². The number of para-hydroxylation sites is 1. The van der Waals surface area contributed by atoms with Crippen molar-refractivity contribution in [2.75, 3.05) is 6.54 Å². The second-order valence-electron chi connectivity index (χ2n) is 6.39. The van der Waals surface area contributed by atoms with Gasteiger partial charge in [-0.25, -0.2) is 8.42 Å². The molecule has 3 aromatic rings. The number of H-pyrrole nitrogens is 1. The SMILES string of the molecule is Cc1ccccc1CS(=O)(=O)N1CCc2c([nH]c3ccccc23)C1. The molecule has 1 aliphatic rings. The van der Waals surface area contributed by atoms with E-state index in [1.807, 2.05) is 49.4 Å². The molecule has 0 radical (unpaired) electrons. The number of aryl methyl sites for hydroxylation is 1. The van der Waals surface area contributed by atoms with E-state index in [1.54, 1.807) is 4.31 Å². The summed E-state index contributed by atoms with van der Waals surface area (Å²) in [6, 6.07) is 15.8. The van der Waals surface area contributed by atoms with Crippen molar-refractivity contribution in [1.82, 2.24) is 9.29 Å². The zero-order chi connectivity index (χ0) is 16.7. The molecule has 0 spiro atoms. The third-order valence-electron chi connectivity index (χ3n) is 4.84. The van der Waals surface area contributed by atoms with Gasteiger partial charge in [-0.05, 0) is 36.1 Å². The van der Waals surface area contributed by atoms with Crippen LogP contribution in [0.25, 0.3) is 10.9 Å². The van der Waals surface area contributed by atoms with Crippen LogP contribution >= 0.6 is 0 Å². The predicted molar refractivity (Wildman–Crippen MR) is 96.2 cm³/mol. The van der Waals surface area contributed by atoms with Crippen LogP contribution in [-0.2, 0) is 28.7 Å². The highest BCUT2D eigenvalue weighted by atomic mass is 32.2. The molecule has 1 N–H and O–H groups in total. The van der Waals surface area contributed by atoms with E-state index in [9.17, 15) is 8.42 Å². The van der Waals surface area contributed by atoms with Crippen molar-refractivity contribution in [3.05, 3.63) is 70.9 Å². The zero-order valence-electron chi connectivity index (χ0n) is 13.6. The first kappa shape index (κ1) is 15.4. The molecular formula is C19H20N2O2S. The number of hydrogen-bond donors (Lipinski definition) is 1. The minimum Gasteiger partial charge on any atom is -0.357 e. The normalized spacial score (nSPS) is 15.5. The number of aromatic amines is 1. The Balaban J connectivity index is 1.63. The van der Waals surface area contributed by atoms with Crippen molar-refractivity contribution in [1.29, 1.82) is 0 Å². The van der Waals surface area contributed by atoms with Crippen LogP contribution < -0.4 is 0 Å². The van der Waals surface area contributed by atoms with Crippen LogP contribution in [0.2, 0.25) is 0 Å². The lowest BCUT2D eigenvalue weighted by Gasteiger charge is -2.26. The average molecular weight is 340 g/mol. The van der Waals surface area contributed by atoms with E-state index in [1.165, 1.54) is 10.9 Å². The number of nitrogens with zero attached hydrogens (tertiary/aromatic N) is 1. The molecule has 0 amide bonds. The molecule has 4 nitrogen and oxygen atoms in total. The summed E-state index contributed by atoms with van der Waals surface area (Å²) in [6.07, 6.45) is 0.756. The molecule has 1 aromatic heterocycles. The summed E-state index contributed by atoms with van der Waals surface area (Å²) >= 11 is 0. The first-order valence-electron chi connectivity index (χ1n) is 8.15. The molecule has 2 aromatic carbocycles. The van der Waals surface area contributed by atoms with Crippen molar-refractivity contribution in [2.45, 2.75) is 25.6 Å². The molecule has 0 aliphatic carbocycles. The van der Waals surface area contributed by atoms with Crippen molar-refractivity contribution in [2.24, 2.45) is 0 Å². The first-order chi connectivity index (χ1) is 11.5. The summed E-state index contributed by atoms with van der Waals surface area (Å²) < 4.78 is 27.3. The van der Waals surface area contributed by atoms with Gasteiger partial charge in [-0.2, -0.15) is 4.31 Å². The fraction of sp³-hybridized carbons (Fsp3) is 0.263. The second kappa shape index (κ2) is 5.76. The summed E-state index contributed by atoms with van der Waals surface area (Å²) in [4.78, 5) is 3.39. The van der Waals surface area contributed by atoms with E-state index in [0.717, 1.165) is 28.8 Å². The van der Waals surface area contributed by atoms with Gasteiger partial charge in [0.15, 0.2) is 0 Å². The summed E-state index contributed by atoms with van der Waals surface area (Å²) in [7, 11) is -3.33. The summed E-state index contributed by atoms with van der Waals surface area (Å²) in [6.45, 7) is 2.93. The Bertz CT molecular complexity index is 1010. The maximum absolute atomic E-state index is 12.8. The van der Waals surface area contributed by atoms with Crippen LogP contribution in [0.15, 0.2) is 48.5 Å². The maximum atomic E-state index is 12.8. The Labute approximate surface area is 142 Å². The molecule has 1 aliphatic heterocycles. The van der Waals surface area contributed by atoms with E-state index < -0.39 is 10.0 Å². The molecule has 24 heavy (non-hydrogen) atoms. The highest BCUT2D eigenvalue weighted by Crippen LogP contribution is 2.29. The minimum absolute atomic E-state index is 0.0647. The van der Waals surface area contributed by atoms with Gasteiger partial charge in [0, 0.05) is 23.1 Å². The van der Waals surface area contributed by atoms with E-state index in [4.69, 9.17) is 0 Å². The van der Waals surface area contributed by atoms with Crippen molar-refractivity contribution in [3.63, 3.8) is 0 Å². The third kappa shape index (κ3) is 2.64. The number of fused-ring (bicyclic) bond motifs is 3. The summed E-state index contributed by atoms with van der Waals surface area (Å²) in [5.74, 6) is 0.0647. The Morgan fingerprint density at radius 1 is 1.08 bits per heavy atom. The lowest BCUT2D eigenvalue weighted by atomic mass is 10.1. The van der Waals surface area contributed by atoms with E-state index >= 15 is 0 Å². The summed E-state index contributed by atoms with van der Waals surface area (Å²) in [5, 5.41) is 1.21. The van der Waals surface area contributed by atoms with Crippen LogP contribution in [0.1, 0.15) is 22.4 Å². The molecule has 0 saturated heterocycles. The van der Waals surface area contributed by atoms with Gasteiger partial charge in [-0.1, -0.05) is 42.5 Å². The van der Waals surface area contributed by atoms with Crippen LogP contribution in [0, 0.1) is 6.92 Å². The quantitative estimate of drug-likeness (QED) is 0.795. The Kier molecular flexibility index (Phi) is 3.70. The van der Waals surface area contributed by atoms with Crippen molar-refractivity contribution >= 4 is 20.9 Å². The van der Waals surface area contributed by atoms with Crippen molar-refractivity contribution in [3.8, 4) is 0 Å². The zero-order valence-corrected chi connectivity index (χ0v) is 14.4. The number of aromatic nitrogens is 1. The topological polar surface area (TPSA) is 53.2 Å². The van der Waals surface area contributed by atoms with Gasteiger partial charge < -0.3 is 4.98 Å². The van der Waals surface area contributed by atoms with E-state index in [-0.39, 0.29) is 5.75 Å². The fourth-order valence-electron chi connectivity index (χ4n) is 3.47. The standard InChI is InChI=1S/C19H20N2O2S/c1-14-6-2-3-7-15(14)13-24(22,23)21-11-10-17-16-8-4-5-9-18(16)20-19(17)12-21/h2-9,20H,10-13H2,1H3. The minimum atomic E-state index is -3.33. The maximum Gasteiger partial charge on any atom is 0.218 e. The highest BCUT2D eigenvalue weighted by Gasteiger charge is 2.29. The molecular weight excluding hydrogens is 320 g/mol. The molecule has 0 unspecified atom stereocenters. The average Bonchev–Trinajstić information content (AvgIpc) is 2.94. The van der Waals surface area contributed by atoms with Gasteiger partial charge in [0.25, 0.3) is 0 Å². The van der Waals surface area contributed by atoms with Crippen LogP contribution in [0.5, 0.6) is 0 Å². The number of benzene rings is 2. The Hall–Kier alpha value is -2.11. The van der Waals surface area contributed by atoms with E-state index in [2.05, 4.69) is 11.1 Å². The van der Waals surface area contributed by atoms with Gasteiger partial charge in [0.05, 0.1) is 12.3 Å². The number of hydrogen-bond acceptors (Lipinski definition) is 2. The second-order valence-corrected chi connectivity index (χ2v) is 8.36. The van der Waals surface area contributed by atoms with E-state index in [0.29, 0.717) is 13.1 Å².